The fourth-order valence-electron chi connectivity index (χ4n) is 6.51. The molecule has 49 heavy (non-hydrogen) atoms. The summed E-state index contributed by atoms with van der Waals surface area (Å²) in [6.45, 7) is 4.37. The van der Waals surface area contributed by atoms with Crippen molar-refractivity contribution >= 4 is 44.8 Å². The van der Waals surface area contributed by atoms with Gasteiger partial charge >= 0.3 is 6.01 Å². The van der Waals surface area contributed by atoms with E-state index >= 15 is 8.78 Å². The monoisotopic (exact) mass is 670 g/mol. The van der Waals surface area contributed by atoms with Crippen molar-refractivity contribution in [2.75, 3.05) is 58.8 Å². The zero-order valence-corrected chi connectivity index (χ0v) is 28.1. The zero-order valence-electron chi connectivity index (χ0n) is 28.1. The van der Waals surface area contributed by atoms with Crippen LogP contribution in [-0.4, -0.2) is 80.4 Å². The quantitative estimate of drug-likeness (QED) is 0.133. The van der Waals surface area contributed by atoms with Gasteiger partial charge in [0, 0.05) is 55.8 Å². The molecule has 0 spiro atoms. The number of hydrogen-bond donors (Lipinski definition) is 3. The van der Waals surface area contributed by atoms with E-state index in [1.54, 1.807) is 38.4 Å². The van der Waals surface area contributed by atoms with Gasteiger partial charge in [0.2, 0.25) is 0 Å². The minimum absolute atomic E-state index is 0.0151. The van der Waals surface area contributed by atoms with Crippen molar-refractivity contribution in [3.8, 4) is 17.1 Å². The Bertz CT molecular complexity index is 1990. The first-order chi connectivity index (χ1) is 23.6. The number of carbonyl (C=O) groups is 1. The number of carbonyl (C=O) groups excluding carboxylic acids is 1. The van der Waals surface area contributed by atoms with Crippen LogP contribution in [0.4, 0.5) is 20.3 Å². The number of benzene rings is 3. The Hall–Kier alpha value is -5.04. The van der Waals surface area contributed by atoms with Crippen molar-refractivity contribution < 1.29 is 18.3 Å². The summed E-state index contributed by atoms with van der Waals surface area (Å²) in [6.07, 6.45) is 4.55. The summed E-state index contributed by atoms with van der Waals surface area (Å²) in [7, 11) is 5.08. The van der Waals surface area contributed by atoms with E-state index in [2.05, 4.69) is 20.8 Å². The molecular formula is C36H40F2N8O3. The number of aromatic nitrogens is 2. The molecule has 1 aromatic heterocycles. The van der Waals surface area contributed by atoms with Crippen LogP contribution in [-0.2, 0) is 11.2 Å². The van der Waals surface area contributed by atoms with Gasteiger partial charge in [-0.2, -0.15) is 9.97 Å². The van der Waals surface area contributed by atoms with Crippen LogP contribution in [0.3, 0.4) is 0 Å². The number of nitrogens with one attached hydrogen (secondary N) is 3. The first-order valence-electron chi connectivity index (χ1n) is 16.4. The SMILES string of the molecule is CCc1c(F)ccc2cc(N=O)cc(-c3ccc4c(N5CCCN/C(=C\C(=N)C(=O)N(C)C)C5)nc(OCC5(CNC)CC5)nc4c3F)c12. The average molecular weight is 671 g/mol. The van der Waals surface area contributed by atoms with Crippen LogP contribution in [0, 0.1) is 27.4 Å². The lowest BCUT2D eigenvalue weighted by Gasteiger charge is -2.25. The molecule has 0 unspecified atom stereocenters. The highest BCUT2D eigenvalue weighted by atomic mass is 19.1. The number of rotatable bonds is 11. The van der Waals surface area contributed by atoms with Crippen LogP contribution in [0.1, 0.15) is 31.7 Å². The summed E-state index contributed by atoms with van der Waals surface area (Å²) in [6, 6.07) is 9.31. The molecule has 11 nitrogen and oxygen atoms in total. The lowest BCUT2D eigenvalue weighted by atomic mass is 9.91. The highest BCUT2D eigenvalue weighted by Crippen LogP contribution is 2.45. The van der Waals surface area contributed by atoms with Gasteiger partial charge in [-0.1, -0.05) is 19.1 Å². The van der Waals surface area contributed by atoms with Gasteiger partial charge in [0.15, 0.2) is 5.82 Å². The predicted molar refractivity (Wildman–Crippen MR) is 188 cm³/mol. The van der Waals surface area contributed by atoms with Gasteiger partial charge in [-0.3, -0.25) is 10.2 Å². The molecule has 2 aliphatic rings. The molecule has 1 aliphatic carbocycles. The number of anilines is 1. The van der Waals surface area contributed by atoms with E-state index in [0.717, 1.165) is 19.4 Å². The molecule has 6 rings (SSSR count). The van der Waals surface area contributed by atoms with E-state index in [1.165, 1.54) is 23.1 Å². The van der Waals surface area contributed by atoms with E-state index in [-0.39, 0.29) is 40.4 Å². The molecule has 4 aromatic rings. The summed E-state index contributed by atoms with van der Waals surface area (Å²) in [5, 5.41) is 19.5. The van der Waals surface area contributed by atoms with Crippen LogP contribution in [0.5, 0.6) is 6.01 Å². The van der Waals surface area contributed by atoms with Gasteiger partial charge in [-0.05, 0) is 90.1 Å². The fourth-order valence-corrected chi connectivity index (χ4v) is 6.51. The lowest BCUT2D eigenvalue weighted by molar-refractivity contribution is -0.121. The minimum atomic E-state index is -0.667. The standard InChI is InChI=1S/C36H40F2N8O3/c1-5-24-28(37)10-7-21-15-22(44-48)16-27(30(21)24)25-8-9-26-32(31(25)38)42-35(49-20-36(11-12-36)19-40-2)43-33(26)46-14-6-13-41-23(18-46)17-29(39)34(47)45(3)4/h7-10,15-17,39-41H,5-6,11-14,18-20H2,1-4H3/b23-17-,39-29?. The van der Waals surface area contributed by atoms with Gasteiger partial charge in [0.1, 0.15) is 28.6 Å². The van der Waals surface area contributed by atoms with Gasteiger partial charge < -0.3 is 25.2 Å². The molecule has 2 heterocycles. The number of aryl methyl sites for hydroxylation is 1. The Morgan fingerprint density at radius 3 is 2.67 bits per heavy atom. The highest BCUT2D eigenvalue weighted by molar-refractivity contribution is 6.42. The molecule has 256 valence electrons. The number of nitroso groups, excluding NO2 is 1. The maximum Gasteiger partial charge on any atom is 0.319 e. The average Bonchev–Trinajstić information content (AvgIpc) is 3.90. The summed E-state index contributed by atoms with van der Waals surface area (Å²) >= 11 is 0. The number of ether oxygens (including phenoxy) is 1. The summed E-state index contributed by atoms with van der Waals surface area (Å²) in [5.74, 6) is -1.07. The minimum Gasteiger partial charge on any atom is -0.463 e. The molecular weight excluding hydrogens is 630 g/mol. The van der Waals surface area contributed by atoms with E-state index in [0.29, 0.717) is 71.3 Å². The second-order valence-electron chi connectivity index (χ2n) is 13.0. The Morgan fingerprint density at radius 1 is 1.18 bits per heavy atom. The van der Waals surface area contributed by atoms with Crippen molar-refractivity contribution in [1.82, 2.24) is 25.5 Å². The number of amides is 1. The van der Waals surface area contributed by atoms with Crippen LogP contribution in [0.2, 0.25) is 0 Å². The molecule has 3 N–H and O–H groups in total. The summed E-state index contributed by atoms with van der Waals surface area (Å²) < 4.78 is 38.3. The molecule has 13 heteroatoms. The summed E-state index contributed by atoms with van der Waals surface area (Å²) in [5.41, 5.74) is 1.43. The second kappa shape index (κ2) is 13.8. The van der Waals surface area contributed by atoms with Crippen molar-refractivity contribution in [1.29, 1.82) is 5.41 Å². The van der Waals surface area contributed by atoms with E-state index < -0.39 is 17.5 Å². The number of fused-ring (bicyclic) bond motifs is 2. The van der Waals surface area contributed by atoms with Crippen LogP contribution in [0.25, 0.3) is 32.8 Å². The molecule has 0 bridgehead atoms. The van der Waals surface area contributed by atoms with Crippen molar-refractivity contribution in [3.05, 3.63) is 70.3 Å². The molecule has 1 aliphatic heterocycles. The smallest absolute Gasteiger partial charge is 0.319 e. The normalized spacial score (nSPS) is 16.4. The van der Waals surface area contributed by atoms with Crippen LogP contribution < -0.4 is 20.3 Å². The zero-order chi connectivity index (χ0) is 34.9. The van der Waals surface area contributed by atoms with Crippen molar-refractivity contribution in [3.63, 3.8) is 0 Å². The maximum atomic E-state index is 17.0. The molecule has 3 aromatic carbocycles. The molecule has 2 fully saturated rings. The first kappa shape index (κ1) is 33.8. The van der Waals surface area contributed by atoms with Crippen LogP contribution >= 0.6 is 0 Å². The fraction of sp³-hybridized carbons (Fsp3) is 0.389. The van der Waals surface area contributed by atoms with E-state index in [1.807, 2.05) is 18.9 Å². The topological polar surface area (TPSA) is 136 Å². The Kier molecular flexibility index (Phi) is 9.55. The predicted octanol–water partition coefficient (Wildman–Crippen LogP) is 5.86. The number of hydrogen-bond acceptors (Lipinski definition) is 10. The van der Waals surface area contributed by atoms with E-state index in [9.17, 15) is 9.70 Å². The van der Waals surface area contributed by atoms with Gasteiger partial charge in [0.25, 0.3) is 5.91 Å². The molecule has 0 radical (unpaired) electrons. The third-order valence-electron chi connectivity index (χ3n) is 9.26. The largest absolute Gasteiger partial charge is 0.463 e. The van der Waals surface area contributed by atoms with Gasteiger partial charge in [0.05, 0.1) is 13.2 Å². The second-order valence-corrected chi connectivity index (χ2v) is 13.0. The number of nitrogens with zero attached hydrogens (tertiary/aromatic N) is 5. The van der Waals surface area contributed by atoms with Crippen LogP contribution in [0.15, 0.2) is 53.3 Å². The molecule has 0 atom stereocenters. The molecule has 1 amide bonds. The Labute approximate surface area is 283 Å². The molecule has 1 saturated heterocycles. The van der Waals surface area contributed by atoms with Gasteiger partial charge in [-0.25, -0.2) is 8.78 Å². The van der Waals surface area contributed by atoms with E-state index in [4.69, 9.17) is 15.1 Å². The van der Waals surface area contributed by atoms with Crippen molar-refractivity contribution in [2.24, 2.45) is 10.6 Å². The Balaban J connectivity index is 1.51. The third-order valence-corrected chi connectivity index (χ3v) is 9.26. The van der Waals surface area contributed by atoms with Crippen molar-refractivity contribution in [2.45, 2.75) is 32.6 Å². The first-order valence-corrected chi connectivity index (χ1v) is 16.4. The highest BCUT2D eigenvalue weighted by Gasteiger charge is 2.43. The molecule has 1 saturated carbocycles. The number of halogens is 2. The van der Waals surface area contributed by atoms with Gasteiger partial charge in [-0.15, -0.1) is 4.91 Å². The lowest BCUT2D eigenvalue weighted by Crippen LogP contribution is -2.31. The maximum absolute atomic E-state index is 17.0. The third kappa shape index (κ3) is 6.80. The Morgan fingerprint density at radius 2 is 1.98 bits per heavy atom. The summed E-state index contributed by atoms with van der Waals surface area (Å²) in [4.78, 5) is 36.9.